The van der Waals surface area contributed by atoms with Gasteiger partial charge in [-0.25, -0.2) is 0 Å². The lowest BCUT2D eigenvalue weighted by Crippen LogP contribution is -2.58. The lowest BCUT2D eigenvalue weighted by Gasteiger charge is -2.40. The van der Waals surface area contributed by atoms with E-state index in [4.69, 9.17) is 4.74 Å². The fraction of sp³-hybridized carbons (Fsp3) is 0.529. The van der Waals surface area contributed by atoms with E-state index in [-0.39, 0.29) is 5.91 Å². The molecule has 1 aromatic rings. The van der Waals surface area contributed by atoms with Gasteiger partial charge >= 0.3 is 5.97 Å². The van der Waals surface area contributed by atoms with Gasteiger partial charge in [0.05, 0.1) is 11.5 Å². The molecule has 22 heavy (non-hydrogen) atoms. The van der Waals surface area contributed by atoms with Gasteiger partial charge in [0.25, 0.3) is 5.91 Å². The summed E-state index contributed by atoms with van der Waals surface area (Å²) in [4.78, 5) is 24.0. The molecule has 1 heterocycles. The molecule has 5 nitrogen and oxygen atoms in total. The van der Waals surface area contributed by atoms with Crippen LogP contribution in [0, 0.1) is 5.92 Å². The first-order valence-corrected chi connectivity index (χ1v) is 7.79. The topological polar surface area (TPSA) is 75.6 Å². The van der Waals surface area contributed by atoms with Gasteiger partial charge in [-0.05, 0) is 31.4 Å². The fourth-order valence-electron chi connectivity index (χ4n) is 3.57. The van der Waals surface area contributed by atoms with Gasteiger partial charge in [-0.1, -0.05) is 31.0 Å². The Balaban J connectivity index is 1.70. The minimum Gasteiger partial charge on any atom is -0.481 e. The molecule has 3 atom stereocenters. The zero-order valence-corrected chi connectivity index (χ0v) is 12.7. The molecule has 0 spiro atoms. The van der Waals surface area contributed by atoms with Crippen LogP contribution in [0.4, 0.5) is 0 Å². The Bertz CT molecular complexity index is 575. The Labute approximate surface area is 129 Å². The number of aliphatic carboxylic acids is 1. The van der Waals surface area contributed by atoms with E-state index in [1.54, 1.807) is 0 Å². The molecular weight excluding hydrogens is 282 g/mol. The Kier molecular flexibility index (Phi) is 3.81. The summed E-state index contributed by atoms with van der Waals surface area (Å²) in [5, 5.41) is 12.4. The van der Waals surface area contributed by atoms with Crippen molar-refractivity contribution >= 4 is 11.9 Å². The highest BCUT2D eigenvalue weighted by Crippen LogP contribution is 2.35. The summed E-state index contributed by atoms with van der Waals surface area (Å²) in [7, 11) is 0. The largest absolute Gasteiger partial charge is 0.481 e. The van der Waals surface area contributed by atoms with Gasteiger partial charge in [-0.3, -0.25) is 9.59 Å². The molecule has 118 valence electrons. The van der Waals surface area contributed by atoms with E-state index in [1.165, 1.54) is 0 Å². The van der Waals surface area contributed by atoms with Crippen LogP contribution < -0.4 is 10.1 Å². The predicted octanol–water partition coefficient (Wildman–Crippen LogP) is 2.14. The van der Waals surface area contributed by atoms with E-state index in [0.29, 0.717) is 19.3 Å². The molecule has 5 heteroatoms. The van der Waals surface area contributed by atoms with Gasteiger partial charge in [0, 0.05) is 6.42 Å². The highest BCUT2D eigenvalue weighted by molar-refractivity contribution is 5.84. The number of nitrogens with one attached hydrogen (secondary N) is 1. The van der Waals surface area contributed by atoms with Crippen molar-refractivity contribution in [3.63, 3.8) is 0 Å². The van der Waals surface area contributed by atoms with E-state index in [9.17, 15) is 14.7 Å². The number of para-hydroxylation sites is 1. The molecule has 1 amide bonds. The molecule has 2 aliphatic rings. The van der Waals surface area contributed by atoms with Crippen LogP contribution in [0.25, 0.3) is 0 Å². The summed E-state index contributed by atoms with van der Waals surface area (Å²) in [6, 6.07) is 7.60. The maximum atomic E-state index is 12.5. The number of carboxylic acids is 1. The molecule has 3 unspecified atom stereocenters. The van der Waals surface area contributed by atoms with Crippen molar-refractivity contribution in [1.82, 2.24) is 5.32 Å². The zero-order chi connectivity index (χ0) is 15.7. The van der Waals surface area contributed by atoms with E-state index in [1.807, 2.05) is 31.2 Å². The highest BCUT2D eigenvalue weighted by Gasteiger charge is 2.43. The average Bonchev–Trinajstić information content (AvgIpc) is 2.91. The van der Waals surface area contributed by atoms with Gasteiger partial charge in [-0.2, -0.15) is 0 Å². The van der Waals surface area contributed by atoms with Crippen LogP contribution in [0.3, 0.4) is 0 Å². The molecule has 0 bridgehead atoms. The van der Waals surface area contributed by atoms with Crippen molar-refractivity contribution in [2.75, 3.05) is 0 Å². The van der Waals surface area contributed by atoms with Crippen molar-refractivity contribution < 1.29 is 19.4 Å². The van der Waals surface area contributed by atoms with Gasteiger partial charge in [-0.15, -0.1) is 0 Å². The molecule has 0 aromatic heterocycles. The molecule has 0 radical (unpaired) electrons. The van der Waals surface area contributed by atoms with Gasteiger partial charge in [0.15, 0.2) is 6.10 Å². The first kappa shape index (κ1) is 14.9. The number of rotatable bonds is 3. The second-order valence-corrected chi connectivity index (χ2v) is 6.46. The summed E-state index contributed by atoms with van der Waals surface area (Å²) in [5.74, 6) is -0.842. The number of carboxylic acid groups (broad SMARTS) is 1. The van der Waals surface area contributed by atoms with Crippen LogP contribution in [0.1, 0.15) is 38.2 Å². The fourth-order valence-corrected chi connectivity index (χ4v) is 3.57. The minimum atomic E-state index is -0.835. The second kappa shape index (κ2) is 5.63. The normalized spacial score (nSPS) is 30.2. The smallest absolute Gasteiger partial charge is 0.308 e. The molecule has 1 fully saturated rings. The molecule has 1 aliphatic heterocycles. The Hall–Kier alpha value is -2.04. The predicted molar refractivity (Wildman–Crippen MR) is 80.7 cm³/mol. The molecule has 1 aliphatic carbocycles. The van der Waals surface area contributed by atoms with Crippen LogP contribution in [0.2, 0.25) is 0 Å². The average molecular weight is 303 g/mol. The third kappa shape index (κ3) is 2.67. The monoisotopic (exact) mass is 303 g/mol. The van der Waals surface area contributed by atoms with Crippen molar-refractivity contribution in [2.24, 2.45) is 5.92 Å². The first-order chi connectivity index (χ1) is 10.5. The molecule has 0 saturated heterocycles. The summed E-state index contributed by atoms with van der Waals surface area (Å²) < 4.78 is 5.69. The number of benzene rings is 1. The molecule has 1 aromatic carbocycles. The number of carbonyl (C=O) groups is 2. The van der Waals surface area contributed by atoms with Crippen molar-refractivity contribution in [3.05, 3.63) is 29.8 Å². The summed E-state index contributed by atoms with van der Waals surface area (Å²) in [6.07, 6.45) is 3.11. The summed E-state index contributed by atoms with van der Waals surface area (Å²) in [5.41, 5.74) is 0.325. The third-order valence-electron chi connectivity index (χ3n) is 4.85. The van der Waals surface area contributed by atoms with Gasteiger partial charge in [0.2, 0.25) is 0 Å². The quantitative estimate of drug-likeness (QED) is 0.897. The minimum absolute atomic E-state index is 0.216. The van der Waals surface area contributed by atoms with E-state index < -0.39 is 23.5 Å². The summed E-state index contributed by atoms with van der Waals surface area (Å²) >= 11 is 0. The lowest BCUT2D eigenvalue weighted by molar-refractivity contribution is -0.147. The Morgan fingerprint density at radius 1 is 1.32 bits per heavy atom. The second-order valence-electron chi connectivity index (χ2n) is 6.46. The highest BCUT2D eigenvalue weighted by atomic mass is 16.5. The standard InChI is InChI=1S/C17H21NO4/c1-17(9-5-4-7-12(17)16(20)21)18-15(19)14-10-11-6-2-3-8-13(11)22-14/h2-3,6,8,12,14H,4-5,7,9-10H2,1H3,(H,18,19)(H,20,21). The van der Waals surface area contributed by atoms with Crippen LogP contribution >= 0.6 is 0 Å². The van der Waals surface area contributed by atoms with Crippen molar-refractivity contribution in [3.8, 4) is 5.75 Å². The van der Waals surface area contributed by atoms with Crippen molar-refractivity contribution in [1.29, 1.82) is 0 Å². The van der Waals surface area contributed by atoms with Gasteiger partial charge in [0.1, 0.15) is 5.75 Å². The molecule has 1 saturated carbocycles. The Morgan fingerprint density at radius 3 is 2.82 bits per heavy atom. The number of amides is 1. The number of fused-ring (bicyclic) bond motifs is 1. The Morgan fingerprint density at radius 2 is 2.09 bits per heavy atom. The molecular formula is C17H21NO4. The van der Waals surface area contributed by atoms with Gasteiger partial charge < -0.3 is 15.2 Å². The van der Waals surface area contributed by atoms with E-state index >= 15 is 0 Å². The lowest BCUT2D eigenvalue weighted by atomic mass is 9.73. The number of ether oxygens (including phenoxy) is 1. The molecule has 2 N–H and O–H groups in total. The van der Waals surface area contributed by atoms with E-state index in [2.05, 4.69) is 5.32 Å². The maximum absolute atomic E-state index is 12.5. The van der Waals surface area contributed by atoms with Crippen LogP contribution in [-0.4, -0.2) is 28.6 Å². The number of hydrogen-bond acceptors (Lipinski definition) is 3. The zero-order valence-electron chi connectivity index (χ0n) is 12.7. The third-order valence-corrected chi connectivity index (χ3v) is 4.85. The first-order valence-electron chi connectivity index (χ1n) is 7.79. The van der Waals surface area contributed by atoms with Crippen LogP contribution in [0.15, 0.2) is 24.3 Å². The summed E-state index contributed by atoms with van der Waals surface area (Å²) in [6.45, 7) is 1.84. The number of hydrogen-bond donors (Lipinski definition) is 2. The number of carbonyl (C=O) groups excluding carboxylic acids is 1. The van der Waals surface area contributed by atoms with E-state index in [0.717, 1.165) is 24.2 Å². The van der Waals surface area contributed by atoms with Crippen LogP contribution in [-0.2, 0) is 16.0 Å². The SMILES string of the molecule is CC1(NC(=O)C2Cc3ccccc3O2)CCCCC1C(=O)O. The molecule has 3 rings (SSSR count). The van der Waals surface area contributed by atoms with Crippen molar-refractivity contribution in [2.45, 2.75) is 50.7 Å². The maximum Gasteiger partial charge on any atom is 0.308 e. The van der Waals surface area contributed by atoms with Crippen LogP contribution in [0.5, 0.6) is 5.75 Å².